The van der Waals surface area contributed by atoms with E-state index >= 15 is 0 Å². The maximum Gasteiger partial charge on any atom is 0.311 e. The van der Waals surface area contributed by atoms with Crippen LogP contribution in [0, 0.1) is 5.92 Å². The van der Waals surface area contributed by atoms with Crippen LogP contribution in [-0.4, -0.2) is 51.7 Å². The predicted octanol–water partition coefficient (Wildman–Crippen LogP) is 2.96. The zero-order chi connectivity index (χ0) is 22.3. The van der Waals surface area contributed by atoms with Gasteiger partial charge in [0.15, 0.2) is 10.9 Å². The zero-order valence-corrected chi connectivity index (χ0v) is 18.5. The Morgan fingerprint density at radius 1 is 1.16 bits per heavy atom. The molecule has 1 N–H and O–H groups in total. The summed E-state index contributed by atoms with van der Waals surface area (Å²) in [6.07, 6.45) is 5.02. The van der Waals surface area contributed by atoms with Gasteiger partial charge in [-0.05, 0) is 44.0 Å². The van der Waals surface area contributed by atoms with Gasteiger partial charge in [-0.1, -0.05) is 0 Å². The Balaban J connectivity index is 1.28. The number of amides is 1. The number of esters is 1. The lowest BCUT2D eigenvalue weighted by Crippen LogP contribution is -2.38. The molecule has 10 heteroatoms. The highest BCUT2D eigenvalue weighted by molar-refractivity contribution is 7.13. The van der Waals surface area contributed by atoms with Crippen molar-refractivity contribution in [2.75, 3.05) is 29.9 Å². The van der Waals surface area contributed by atoms with Crippen LogP contribution in [0.3, 0.4) is 0 Å². The third-order valence-corrected chi connectivity index (χ3v) is 6.04. The van der Waals surface area contributed by atoms with E-state index in [0.29, 0.717) is 17.4 Å². The Bertz CT molecular complexity index is 1050. The number of thiazole rings is 1. The molecular weight excluding hydrogens is 428 g/mol. The second-order valence-electron chi connectivity index (χ2n) is 7.39. The van der Waals surface area contributed by atoms with Crippen molar-refractivity contribution in [1.82, 2.24) is 20.2 Å². The quantitative estimate of drug-likeness (QED) is 0.545. The first-order valence-electron chi connectivity index (χ1n) is 10.5. The van der Waals surface area contributed by atoms with E-state index < -0.39 is 0 Å². The summed E-state index contributed by atoms with van der Waals surface area (Å²) in [4.78, 5) is 34.7. The highest BCUT2D eigenvalue weighted by Crippen LogP contribution is 2.25. The molecule has 0 aliphatic carbocycles. The number of hydrogen-bond donors (Lipinski definition) is 1. The van der Waals surface area contributed by atoms with Gasteiger partial charge in [0.25, 0.3) is 0 Å². The van der Waals surface area contributed by atoms with E-state index in [2.05, 4.69) is 30.4 Å². The maximum atomic E-state index is 12.7. The molecule has 1 saturated heterocycles. The number of ether oxygens (including phenoxy) is 1. The summed E-state index contributed by atoms with van der Waals surface area (Å²) < 4.78 is 4.93. The number of rotatable bonds is 7. The van der Waals surface area contributed by atoms with E-state index in [-0.39, 0.29) is 24.2 Å². The molecule has 0 aromatic carbocycles. The smallest absolute Gasteiger partial charge is 0.311 e. The van der Waals surface area contributed by atoms with Crippen molar-refractivity contribution in [3.8, 4) is 11.3 Å². The van der Waals surface area contributed by atoms with Gasteiger partial charge in [-0.2, -0.15) is 0 Å². The van der Waals surface area contributed by atoms with E-state index in [0.717, 1.165) is 43.0 Å². The van der Waals surface area contributed by atoms with Crippen molar-refractivity contribution in [3.05, 3.63) is 47.7 Å². The molecule has 9 nitrogen and oxygen atoms in total. The summed E-state index contributed by atoms with van der Waals surface area (Å²) in [6, 6.07) is 7.71. The Labute approximate surface area is 189 Å². The van der Waals surface area contributed by atoms with Crippen LogP contribution >= 0.6 is 11.3 Å². The molecule has 1 aliphatic rings. The summed E-state index contributed by atoms with van der Waals surface area (Å²) in [7, 11) is 0. The molecule has 1 amide bonds. The molecule has 3 aromatic heterocycles. The Hall–Kier alpha value is -3.40. The van der Waals surface area contributed by atoms with Crippen molar-refractivity contribution >= 4 is 34.2 Å². The molecule has 166 valence electrons. The van der Waals surface area contributed by atoms with Gasteiger partial charge >= 0.3 is 5.97 Å². The molecule has 1 aliphatic heterocycles. The van der Waals surface area contributed by atoms with Gasteiger partial charge in [0.05, 0.1) is 24.4 Å². The number of pyridine rings is 1. The number of anilines is 2. The monoisotopic (exact) mass is 452 g/mol. The summed E-state index contributed by atoms with van der Waals surface area (Å²) >= 11 is 1.32. The number of piperidine rings is 1. The summed E-state index contributed by atoms with van der Waals surface area (Å²) in [5, 5.41) is 13.9. The van der Waals surface area contributed by atoms with Crippen molar-refractivity contribution in [2.24, 2.45) is 5.92 Å². The number of aromatic nitrogens is 4. The molecule has 32 heavy (non-hydrogen) atoms. The van der Waals surface area contributed by atoms with E-state index in [1.807, 2.05) is 24.3 Å². The van der Waals surface area contributed by atoms with Gasteiger partial charge in [0.2, 0.25) is 5.91 Å². The van der Waals surface area contributed by atoms with Gasteiger partial charge in [-0.25, -0.2) is 4.98 Å². The first-order chi connectivity index (χ1) is 15.6. The van der Waals surface area contributed by atoms with E-state index in [1.165, 1.54) is 11.3 Å². The van der Waals surface area contributed by atoms with Gasteiger partial charge < -0.3 is 15.0 Å². The highest BCUT2D eigenvalue weighted by atomic mass is 32.1. The van der Waals surface area contributed by atoms with Crippen LogP contribution in [0.4, 0.5) is 10.9 Å². The third-order valence-electron chi connectivity index (χ3n) is 5.23. The maximum absolute atomic E-state index is 12.7. The lowest BCUT2D eigenvalue weighted by Gasteiger charge is -2.31. The minimum absolute atomic E-state index is 0.0409. The van der Waals surface area contributed by atoms with Gasteiger partial charge in [-0.3, -0.25) is 14.6 Å². The normalized spacial score (nSPS) is 14.2. The van der Waals surface area contributed by atoms with Crippen LogP contribution in [0.25, 0.3) is 11.3 Å². The van der Waals surface area contributed by atoms with E-state index in [4.69, 9.17) is 4.74 Å². The van der Waals surface area contributed by atoms with Crippen molar-refractivity contribution in [2.45, 2.75) is 26.2 Å². The first kappa shape index (κ1) is 21.8. The minimum Gasteiger partial charge on any atom is -0.466 e. The topological polar surface area (TPSA) is 110 Å². The summed E-state index contributed by atoms with van der Waals surface area (Å²) in [6.45, 7) is 3.56. The largest absolute Gasteiger partial charge is 0.466 e. The molecular formula is C22H24N6O3S. The van der Waals surface area contributed by atoms with Gasteiger partial charge in [0, 0.05) is 42.3 Å². The van der Waals surface area contributed by atoms with Crippen LogP contribution in [-0.2, 0) is 20.7 Å². The molecule has 0 atom stereocenters. The minimum atomic E-state index is -0.319. The third kappa shape index (κ3) is 5.44. The molecule has 3 aromatic rings. The van der Waals surface area contributed by atoms with Crippen LogP contribution in [0.1, 0.15) is 25.5 Å². The fourth-order valence-corrected chi connectivity index (χ4v) is 4.27. The van der Waals surface area contributed by atoms with Crippen molar-refractivity contribution in [1.29, 1.82) is 0 Å². The predicted molar refractivity (Wildman–Crippen MR) is 121 cm³/mol. The van der Waals surface area contributed by atoms with E-state index in [9.17, 15) is 9.59 Å². The average molecular weight is 453 g/mol. The van der Waals surface area contributed by atoms with Crippen molar-refractivity contribution in [3.63, 3.8) is 0 Å². The van der Waals surface area contributed by atoms with Gasteiger partial charge in [0.1, 0.15) is 0 Å². The molecule has 0 spiro atoms. The fraction of sp³-hybridized carbons (Fsp3) is 0.364. The second kappa shape index (κ2) is 10.3. The molecule has 4 heterocycles. The fourth-order valence-electron chi connectivity index (χ4n) is 3.55. The van der Waals surface area contributed by atoms with Crippen LogP contribution in [0.15, 0.2) is 42.0 Å². The highest BCUT2D eigenvalue weighted by Gasteiger charge is 2.26. The SMILES string of the molecule is CCOC(=O)Cc1csc(NC(=O)C2CCN(c3ccc(-c4ccncc4)nn3)CC2)n1. The lowest BCUT2D eigenvalue weighted by atomic mass is 9.96. The average Bonchev–Trinajstić information content (AvgIpc) is 3.26. The molecule has 0 unspecified atom stereocenters. The van der Waals surface area contributed by atoms with Crippen molar-refractivity contribution < 1.29 is 14.3 Å². The number of nitrogens with zero attached hydrogens (tertiary/aromatic N) is 5. The van der Waals surface area contributed by atoms with Crippen LogP contribution < -0.4 is 10.2 Å². The van der Waals surface area contributed by atoms with Crippen LogP contribution in [0.2, 0.25) is 0 Å². The number of hydrogen-bond acceptors (Lipinski definition) is 9. The molecule has 0 bridgehead atoms. The number of carbonyl (C=O) groups is 2. The Morgan fingerprint density at radius 3 is 2.62 bits per heavy atom. The lowest BCUT2D eigenvalue weighted by molar-refractivity contribution is -0.142. The second-order valence-corrected chi connectivity index (χ2v) is 8.25. The molecule has 1 fully saturated rings. The summed E-state index contributed by atoms with van der Waals surface area (Å²) in [5.74, 6) is 0.360. The molecule has 0 saturated carbocycles. The standard InChI is InChI=1S/C22H24N6O3S/c1-2-31-20(29)13-17-14-32-22(24-17)25-21(30)16-7-11-28(12-8-16)19-4-3-18(26-27-19)15-5-9-23-10-6-15/h3-6,9-10,14,16H,2,7-8,11-13H2,1H3,(H,24,25,30). The molecule has 0 radical (unpaired) electrons. The number of nitrogens with one attached hydrogen (secondary N) is 1. The van der Waals surface area contributed by atoms with Gasteiger partial charge in [-0.15, -0.1) is 21.5 Å². The summed E-state index contributed by atoms with van der Waals surface area (Å²) in [5.41, 5.74) is 2.38. The Morgan fingerprint density at radius 2 is 1.94 bits per heavy atom. The van der Waals surface area contributed by atoms with Crippen LogP contribution in [0.5, 0.6) is 0 Å². The molecule has 4 rings (SSSR count). The van der Waals surface area contributed by atoms with E-state index in [1.54, 1.807) is 24.7 Å². The first-order valence-corrected chi connectivity index (χ1v) is 11.4. The zero-order valence-electron chi connectivity index (χ0n) is 17.7. The number of carbonyl (C=O) groups excluding carboxylic acids is 2. The Kier molecular flexibility index (Phi) is 7.00.